The molecule has 72 valence electrons. The van der Waals surface area contributed by atoms with E-state index in [1.54, 1.807) is 0 Å². The van der Waals surface area contributed by atoms with Crippen LogP contribution < -0.4 is 0 Å². The average molecular weight is 238 g/mol. The van der Waals surface area contributed by atoms with Crippen LogP contribution in [0.25, 0.3) is 0 Å². The second kappa shape index (κ2) is 5.92. The second-order valence-corrected chi connectivity index (χ2v) is 4.15. The third kappa shape index (κ3) is 3.02. The van der Waals surface area contributed by atoms with E-state index in [1.165, 1.54) is 25.7 Å². The molecule has 0 aliphatic heterocycles. The van der Waals surface area contributed by atoms with Gasteiger partial charge < -0.3 is 0 Å². The average Bonchev–Trinajstić information content (AvgIpc) is 2.56. The zero-order valence-electron chi connectivity index (χ0n) is 7.44. The van der Waals surface area contributed by atoms with Crippen LogP contribution >= 0.6 is 15.9 Å². The lowest BCUT2D eigenvalue weighted by Gasteiger charge is -2.26. The Hall–Kier alpha value is 0.370. The molecule has 1 rings (SSSR count). The summed E-state index contributed by atoms with van der Waals surface area (Å²) in [5.74, 6) is 0. The lowest BCUT2D eigenvalue weighted by molar-refractivity contribution is 0.194. The Morgan fingerprint density at radius 1 is 1.25 bits per heavy atom. The van der Waals surface area contributed by atoms with Crippen LogP contribution in [-0.4, -0.2) is 36.0 Å². The highest BCUT2D eigenvalue weighted by atomic mass is 79.9. The lowest BCUT2D eigenvalue weighted by atomic mass is 10.2. The molecular weight excluding hydrogens is 221 g/mol. The summed E-state index contributed by atoms with van der Waals surface area (Å²) in [4.78, 5) is 2.28. The van der Waals surface area contributed by atoms with Crippen molar-refractivity contribution in [3.05, 3.63) is 0 Å². The number of hydrogen-bond acceptors (Lipinski definition) is 1. The summed E-state index contributed by atoms with van der Waals surface area (Å²) < 4.78 is 12.2. The van der Waals surface area contributed by atoms with E-state index in [0.29, 0.717) is 12.6 Å². The number of alkyl halides is 2. The van der Waals surface area contributed by atoms with Crippen LogP contribution in [0.4, 0.5) is 4.39 Å². The van der Waals surface area contributed by atoms with Crippen LogP contribution in [0.1, 0.15) is 25.7 Å². The van der Waals surface area contributed by atoms with Crippen molar-refractivity contribution in [1.29, 1.82) is 0 Å². The van der Waals surface area contributed by atoms with E-state index < -0.39 is 0 Å². The second-order valence-electron chi connectivity index (χ2n) is 3.35. The molecule has 0 aromatic carbocycles. The molecular formula is C9H17BrFN. The first-order valence-corrected chi connectivity index (χ1v) is 5.86. The number of nitrogens with zero attached hydrogens (tertiary/aromatic N) is 1. The summed E-state index contributed by atoms with van der Waals surface area (Å²) in [6.07, 6.45) is 5.20. The molecule has 0 aromatic rings. The van der Waals surface area contributed by atoms with Gasteiger partial charge in [0.25, 0.3) is 0 Å². The molecule has 1 aliphatic rings. The number of halogens is 2. The zero-order chi connectivity index (χ0) is 8.81. The van der Waals surface area contributed by atoms with Crippen molar-refractivity contribution >= 4 is 15.9 Å². The predicted molar refractivity (Wildman–Crippen MR) is 53.6 cm³/mol. The Morgan fingerprint density at radius 3 is 2.42 bits per heavy atom. The highest BCUT2D eigenvalue weighted by Crippen LogP contribution is 2.23. The molecule has 3 heteroatoms. The molecule has 1 saturated carbocycles. The molecule has 0 radical (unpaired) electrons. The highest BCUT2D eigenvalue weighted by molar-refractivity contribution is 9.09. The third-order valence-electron chi connectivity index (χ3n) is 2.58. The standard InChI is InChI=1S/C9H17BrFN/c10-5-7-12(8-6-11)9-3-1-2-4-9/h9H,1-8H2. The van der Waals surface area contributed by atoms with Crippen molar-refractivity contribution in [2.45, 2.75) is 31.7 Å². The van der Waals surface area contributed by atoms with Gasteiger partial charge in [-0.15, -0.1) is 0 Å². The highest BCUT2D eigenvalue weighted by Gasteiger charge is 2.21. The topological polar surface area (TPSA) is 3.24 Å². The summed E-state index contributed by atoms with van der Waals surface area (Å²) in [7, 11) is 0. The minimum absolute atomic E-state index is 0.205. The van der Waals surface area contributed by atoms with Gasteiger partial charge in [-0.2, -0.15) is 0 Å². The molecule has 12 heavy (non-hydrogen) atoms. The van der Waals surface area contributed by atoms with Crippen molar-refractivity contribution in [3.63, 3.8) is 0 Å². The van der Waals surface area contributed by atoms with Crippen LogP contribution in [0, 0.1) is 0 Å². The fourth-order valence-electron chi connectivity index (χ4n) is 1.96. The van der Waals surface area contributed by atoms with Crippen molar-refractivity contribution in [2.24, 2.45) is 0 Å². The normalized spacial score (nSPS) is 19.2. The fourth-order valence-corrected chi connectivity index (χ4v) is 2.42. The lowest BCUT2D eigenvalue weighted by Crippen LogP contribution is -2.36. The minimum atomic E-state index is -0.205. The maximum atomic E-state index is 12.2. The van der Waals surface area contributed by atoms with Crippen molar-refractivity contribution in [2.75, 3.05) is 25.1 Å². The molecule has 0 heterocycles. The van der Waals surface area contributed by atoms with Crippen molar-refractivity contribution < 1.29 is 4.39 Å². The van der Waals surface area contributed by atoms with Crippen LogP contribution in [0.3, 0.4) is 0 Å². The van der Waals surface area contributed by atoms with E-state index in [-0.39, 0.29) is 6.67 Å². The summed E-state index contributed by atoms with van der Waals surface area (Å²) in [5, 5.41) is 0.962. The van der Waals surface area contributed by atoms with E-state index in [2.05, 4.69) is 20.8 Å². The summed E-state index contributed by atoms with van der Waals surface area (Å²) in [6.45, 7) is 1.41. The van der Waals surface area contributed by atoms with Gasteiger partial charge in [-0.1, -0.05) is 28.8 Å². The van der Waals surface area contributed by atoms with Gasteiger partial charge in [0, 0.05) is 24.5 Å². The predicted octanol–water partition coefficient (Wildman–Crippen LogP) is 2.60. The maximum absolute atomic E-state index is 12.2. The molecule has 1 fully saturated rings. The molecule has 0 saturated heterocycles. The zero-order valence-corrected chi connectivity index (χ0v) is 9.02. The van der Waals surface area contributed by atoms with Gasteiger partial charge in [0.1, 0.15) is 6.67 Å². The molecule has 1 aliphatic carbocycles. The summed E-state index contributed by atoms with van der Waals surface area (Å²) in [6, 6.07) is 0.665. The minimum Gasteiger partial charge on any atom is -0.297 e. The van der Waals surface area contributed by atoms with E-state index in [1.807, 2.05) is 0 Å². The molecule has 1 nitrogen and oxygen atoms in total. The molecule has 0 atom stereocenters. The van der Waals surface area contributed by atoms with Crippen LogP contribution in [0.15, 0.2) is 0 Å². The first kappa shape index (κ1) is 10.5. The van der Waals surface area contributed by atoms with Gasteiger partial charge >= 0.3 is 0 Å². The number of hydrogen-bond donors (Lipinski definition) is 0. The Kier molecular flexibility index (Phi) is 5.16. The van der Waals surface area contributed by atoms with Crippen molar-refractivity contribution in [3.8, 4) is 0 Å². The Balaban J connectivity index is 2.29. The quantitative estimate of drug-likeness (QED) is 0.665. The van der Waals surface area contributed by atoms with E-state index >= 15 is 0 Å². The monoisotopic (exact) mass is 237 g/mol. The Morgan fingerprint density at radius 2 is 1.92 bits per heavy atom. The van der Waals surface area contributed by atoms with Gasteiger partial charge in [0.15, 0.2) is 0 Å². The molecule has 0 unspecified atom stereocenters. The fraction of sp³-hybridized carbons (Fsp3) is 1.00. The SMILES string of the molecule is FCCN(CCBr)C1CCCC1. The van der Waals surface area contributed by atoms with E-state index in [0.717, 1.165) is 11.9 Å². The van der Waals surface area contributed by atoms with Gasteiger partial charge in [-0.3, -0.25) is 4.90 Å². The van der Waals surface area contributed by atoms with Gasteiger partial charge in [-0.05, 0) is 12.8 Å². The Bertz CT molecular complexity index is 109. The van der Waals surface area contributed by atoms with Crippen LogP contribution in [0.5, 0.6) is 0 Å². The maximum Gasteiger partial charge on any atom is 0.102 e. The molecule has 0 bridgehead atoms. The molecule has 0 amide bonds. The van der Waals surface area contributed by atoms with Gasteiger partial charge in [0.05, 0.1) is 0 Å². The smallest absolute Gasteiger partial charge is 0.102 e. The molecule has 0 N–H and O–H groups in total. The van der Waals surface area contributed by atoms with Gasteiger partial charge in [0.2, 0.25) is 0 Å². The Labute approximate surface area is 82.4 Å². The van der Waals surface area contributed by atoms with E-state index in [9.17, 15) is 4.39 Å². The first-order chi connectivity index (χ1) is 5.88. The third-order valence-corrected chi connectivity index (χ3v) is 2.94. The summed E-state index contributed by atoms with van der Waals surface area (Å²) >= 11 is 3.40. The van der Waals surface area contributed by atoms with Crippen LogP contribution in [-0.2, 0) is 0 Å². The van der Waals surface area contributed by atoms with E-state index in [4.69, 9.17) is 0 Å². The first-order valence-electron chi connectivity index (χ1n) is 4.74. The molecule has 0 aromatic heterocycles. The van der Waals surface area contributed by atoms with Gasteiger partial charge in [-0.25, -0.2) is 4.39 Å². The summed E-state index contributed by atoms with van der Waals surface area (Å²) in [5.41, 5.74) is 0. The van der Waals surface area contributed by atoms with Crippen molar-refractivity contribution in [1.82, 2.24) is 4.90 Å². The largest absolute Gasteiger partial charge is 0.297 e. The molecule has 0 spiro atoms. The number of rotatable bonds is 5. The van der Waals surface area contributed by atoms with Crippen LogP contribution in [0.2, 0.25) is 0 Å².